The van der Waals surface area contributed by atoms with E-state index >= 15 is 0 Å². The largest absolute Gasteiger partial charge is 0.495 e. The number of hydrogen-bond acceptors (Lipinski definition) is 10. The number of carbonyl (C=O) groups is 3. The number of fused-ring (bicyclic) bond motifs is 4. The van der Waals surface area contributed by atoms with E-state index in [4.69, 9.17) is 33.5 Å². The van der Waals surface area contributed by atoms with Crippen LogP contribution < -0.4 is 39.2 Å². The van der Waals surface area contributed by atoms with Gasteiger partial charge >= 0.3 is 5.97 Å². The Hall–Kier alpha value is -7.83. The number of esters is 1. The number of benzene rings is 6. The summed E-state index contributed by atoms with van der Waals surface area (Å²) in [6.07, 6.45) is 17.6. The van der Waals surface area contributed by atoms with Gasteiger partial charge in [0.1, 0.15) is 35.4 Å². The summed E-state index contributed by atoms with van der Waals surface area (Å²) in [5.74, 6) is 2.43. The van der Waals surface area contributed by atoms with Crippen molar-refractivity contribution in [2.24, 2.45) is 0 Å². The minimum absolute atomic E-state index is 0.147. The number of rotatable bonds is 26. The summed E-state index contributed by atoms with van der Waals surface area (Å²) in [6, 6.07) is 37.3. The lowest BCUT2D eigenvalue weighted by molar-refractivity contribution is -0.195. The molecule has 0 saturated carbocycles. The van der Waals surface area contributed by atoms with Gasteiger partial charge in [0.2, 0.25) is 0 Å². The molecule has 1 unspecified atom stereocenters. The minimum atomic E-state index is -0.526. The molecule has 79 heavy (non-hydrogen) atoms. The maximum Gasteiger partial charge on any atom is 0.336 e. The molecule has 414 valence electrons. The second-order valence-corrected chi connectivity index (χ2v) is 21.8. The molecule has 0 aromatic heterocycles. The lowest BCUT2D eigenvalue weighted by atomic mass is 9.72. The van der Waals surface area contributed by atoms with Gasteiger partial charge in [-0.2, -0.15) is 4.89 Å². The van der Waals surface area contributed by atoms with Crippen molar-refractivity contribution in [3.05, 3.63) is 178 Å². The SMILES string of the molecule is CCCCCCOc1ccc(C(=O)Nc2ccc(/C=C/COOc3ccc4c(c3)C3(CC4(C)C)CC(C)(C)c4ccc(OC(=O)/C=C/c5ccc(NC(=O)c6ccc(OCCCCCC)cc6)c(OC)c5)cc43)cc2OC)cc1. The minimum Gasteiger partial charge on any atom is -0.495 e. The topological polar surface area (TPSA) is 140 Å². The Morgan fingerprint density at radius 3 is 1.48 bits per heavy atom. The Bertz CT molecular complexity index is 3140. The van der Waals surface area contributed by atoms with Gasteiger partial charge in [-0.25, -0.2) is 4.79 Å². The molecule has 0 fully saturated rings. The Kier molecular flexibility index (Phi) is 19.0. The summed E-state index contributed by atoms with van der Waals surface area (Å²) in [7, 11) is 3.11. The highest BCUT2D eigenvalue weighted by atomic mass is 17.2. The van der Waals surface area contributed by atoms with E-state index in [9.17, 15) is 14.4 Å². The molecule has 8 rings (SSSR count). The fourth-order valence-corrected chi connectivity index (χ4v) is 11.1. The molecule has 0 heterocycles. The number of anilines is 2. The van der Waals surface area contributed by atoms with Crippen molar-refractivity contribution in [3.8, 4) is 34.5 Å². The van der Waals surface area contributed by atoms with E-state index in [0.29, 0.717) is 64.3 Å². The monoisotopic (exact) mass is 1070 g/mol. The van der Waals surface area contributed by atoms with Gasteiger partial charge in [0.15, 0.2) is 5.75 Å². The highest BCUT2D eigenvalue weighted by molar-refractivity contribution is 6.06. The van der Waals surface area contributed by atoms with E-state index in [-0.39, 0.29) is 34.7 Å². The molecule has 1 spiro atoms. The number of methoxy groups -OCH3 is 2. The first-order valence-electron chi connectivity index (χ1n) is 27.8. The van der Waals surface area contributed by atoms with Gasteiger partial charge in [-0.05, 0) is 173 Å². The number of ether oxygens (including phenoxy) is 5. The van der Waals surface area contributed by atoms with Crippen LogP contribution in [0.5, 0.6) is 34.5 Å². The molecule has 0 bridgehead atoms. The molecule has 2 aliphatic rings. The van der Waals surface area contributed by atoms with Crippen LogP contribution in [0, 0.1) is 0 Å². The molecular weight excluding hydrogens is 993 g/mol. The van der Waals surface area contributed by atoms with Gasteiger partial charge in [0, 0.05) is 22.6 Å². The Morgan fingerprint density at radius 1 is 0.519 bits per heavy atom. The Morgan fingerprint density at radius 2 is 0.987 bits per heavy atom. The molecule has 2 amide bonds. The number of unbranched alkanes of at least 4 members (excludes halogenated alkanes) is 6. The van der Waals surface area contributed by atoms with E-state index in [2.05, 4.69) is 70.4 Å². The van der Waals surface area contributed by atoms with Crippen LogP contribution in [0.3, 0.4) is 0 Å². The molecule has 1 atom stereocenters. The third-order valence-electron chi connectivity index (χ3n) is 14.9. The standard InChI is InChI=1S/C67H76N2O10/c1-9-11-13-15-37-75-50-26-22-48(23-27-50)63(71)68-58-34-19-46(40-60(58)73-7)18-17-39-77-79-53-31-33-55-57(43-53)67(45-66(55,5)6)44-65(3,4)54-32-30-52(42-56(54)67)78-62(70)36-21-47-20-35-59(61(41-47)74-8)69-64(72)49-24-28-51(29-25-49)76-38-16-14-12-10-2/h17-36,40-43H,9-16,37-39,44-45H2,1-8H3,(H,68,71)(H,69,72)/b18-17+,36-21+. The van der Waals surface area contributed by atoms with Crippen molar-refractivity contribution in [2.75, 3.05) is 44.7 Å². The summed E-state index contributed by atoms with van der Waals surface area (Å²) < 4.78 is 29.0. The number of carbonyl (C=O) groups excluding carboxylic acids is 3. The van der Waals surface area contributed by atoms with E-state index in [1.807, 2.05) is 60.7 Å². The molecule has 2 aliphatic carbocycles. The maximum absolute atomic E-state index is 13.5. The van der Waals surface area contributed by atoms with Gasteiger partial charge in [0.05, 0.1) is 38.8 Å². The van der Waals surface area contributed by atoms with Crippen LogP contribution in [0.4, 0.5) is 11.4 Å². The van der Waals surface area contributed by atoms with E-state index in [1.165, 1.54) is 55.6 Å². The zero-order chi connectivity index (χ0) is 56.0. The van der Waals surface area contributed by atoms with Gasteiger partial charge in [0.25, 0.3) is 11.8 Å². The molecule has 0 aliphatic heterocycles. The van der Waals surface area contributed by atoms with Crippen LogP contribution in [0.25, 0.3) is 12.2 Å². The summed E-state index contributed by atoms with van der Waals surface area (Å²) in [5.41, 5.74) is 7.70. The molecular formula is C67H76N2O10. The van der Waals surface area contributed by atoms with Crippen LogP contribution in [0.15, 0.2) is 133 Å². The van der Waals surface area contributed by atoms with Crippen molar-refractivity contribution >= 4 is 41.3 Å². The Balaban J connectivity index is 0.872. The van der Waals surface area contributed by atoms with E-state index in [1.54, 1.807) is 67.8 Å². The summed E-state index contributed by atoms with van der Waals surface area (Å²) in [6.45, 7) is 15.0. The van der Waals surface area contributed by atoms with Crippen molar-refractivity contribution < 1.29 is 47.8 Å². The van der Waals surface area contributed by atoms with Crippen molar-refractivity contribution in [3.63, 3.8) is 0 Å². The summed E-state index contributed by atoms with van der Waals surface area (Å²) in [5, 5.41) is 5.90. The summed E-state index contributed by atoms with van der Waals surface area (Å²) >= 11 is 0. The second kappa shape index (κ2) is 26.2. The predicted octanol–water partition coefficient (Wildman–Crippen LogP) is 15.4. The summed E-state index contributed by atoms with van der Waals surface area (Å²) in [4.78, 5) is 51.5. The normalized spacial score (nSPS) is 15.6. The van der Waals surface area contributed by atoms with Crippen LogP contribution >= 0.6 is 0 Å². The predicted molar refractivity (Wildman–Crippen MR) is 313 cm³/mol. The zero-order valence-electron chi connectivity index (χ0n) is 47.1. The van der Waals surface area contributed by atoms with Crippen LogP contribution in [-0.4, -0.2) is 51.8 Å². The van der Waals surface area contributed by atoms with Crippen LogP contribution in [0.2, 0.25) is 0 Å². The zero-order valence-corrected chi connectivity index (χ0v) is 47.1. The molecule has 0 radical (unpaired) electrons. The van der Waals surface area contributed by atoms with E-state index < -0.39 is 5.97 Å². The van der Waals surface area contributed by atoms with Crippen LogP contribution in [-0.2, 0) is 25.9 Å². The molecule has 12 heteroatoms. The lowest BCUT2D eigenvalue weighted by Crippen LogP contribution is -2.27. The fraction of sp³-hybridized carbons (Fsp3) is 0.358. The maximum atomic E-state index is 13.5. The van der Waals surface area contributed by atoms with Crippen molar-refractivity contribution in [1.82, 2.24) is 0 Å². The van der Waals surface area contributed by atoms with E-state index in [0.717, 1.165) is 61.2 Å². The first-order chi connectivity index (χ1) is 38.1. The smallest absolute Gasteiger partial charge is 0.336 e. The van der Waals surface area contributed by atoms with Crippen LogP contribution in [0.1, 0.15) is 160 Å². The number of hydrogen-bond donors (Lipinski definition) is 2. The first kappa shape index (κ1) is 57.3. The van der Waals surface area contributed by atoms with Gasteiger partial charge < -0.3 is 39.2 Å². The third-order valence-corrected chi connectivity index (χ3v) is 14.9. The fourth-order valence-electron chi connectivity index (χ4n) is 11.1. The van der Waals surface area contributed by atoms with Gasteiger partial charge in [-0.15, -0.1) is 0 Å². The highest BCUT2D eigenvalue weighted by Crippen LogP contribution is 2.63. The van der Waals surface area contributed by atoms with Crippen molar-refractivity contribution in [1.29, 1.82) is 0 Å². The average molecular weight is 1070 g/mol. The average Bonchev–Trinajstić information content (AvgIpc) is 2.91. The quantitative estimate of drug-likeness (QED) is 0.0135. The number of amides is 2. The molecule has 2 N–H and O–H groups in total. The van der Waals surface area contributed by atoms with Gasteiger partial charge in [-0.3, -0.25) is 9.59 Å². The lowest BCUT2D eigenvalue weighted by Gasteiger charge is -2.30. The second-order valence-electron chi connectivity index (χ2n) is 21.8. The molecule has 0 saturated heterocycles. The third kappa shape index (κ3) is 14.3. The molecule has 6 aromatic carbocycles. The molecule has 12 nitrogen and oxygen atoms in total. The first-order valence-corrected chi connectivity index (χ1v) is 27.8. The van der Waals surface area contributed by atoms with Crippen molar-refractivity contribution in [2.45, 2.75) is 122 Å². The Labute approximate surface area is 466 Å². The molecule has 6 aromatic rings. The highest BCUT2D eigenvalue weighted by Gasteiger charge is 2.56. The van der Waals surface area contributed by atoms with Gasteiger partial charge in [-0.1, -0.05) is 116 Å². The number of nitrogens with one attached hydrogen (secondary N) is 2.